The van der Waals surface area contributed by atoms with Gasteiger partial charge in [-0.25, -0.2) is 0 Å². The van der Waals surface area contributed by atoms with Crippen LogP contribution >= 0.6 is 15.9 Å². The summed E-state index contributed by atoms with van der Waals surface area (Å²) in [7, 11) is 1.94. The number of aryl methyl sites for hydroxylation is 2. The van der Waals surface area contributed by atoms with Gasteiger partial charge in [-0.05, 0) is 47.5 Å². The molecule has 2 aromatic rings. The summed E-state index contributed by atoms with van der Waals surface area (Å²) in [6.07, 6.45) is 0.740. The Balaban J connectivity index is 2.25. The number of aromatic nitrogens is 2. The number of benzene rings is 1. The molecule has 3 N–H and O–H groups in total. The van der Waals surface area contributed by atoms with Crippen molar-refractivity contribution in [2.45, 2.75) is 26.3 Å². The van der Waals surface area contributed by atoms with Crippen molar-refractivity contribution < 1.29 is 4.74 Å². The zero-order valence-corrected chi connectivity index (χ0v) is 14.1. The van der Waals surface area contributed by atoms with Crippen molar-refractivity contribution in [3.05, 3.63) is 45.7 Å². The van der Waals surface area contributed by atoms with Crippen molar-refractivity contribution in [2.75, 3.05) is 6.61 Å². The maximum Gasteiger partial charge on any atom is 0.119 e. The van der Waals surface area contributed by atoms with Crippen molar-refractivity contribution >= 4 is 15.9 Å². The molecule has 0 aliphatic heterocycles. The molecule has 21 heavy (non-hydrogen) atoms. The number of halogens is 1. The Morgan fingerprint density at radius 2 is 2.24 bits per heavy atom. The van der Waals surface area contributed by atoms with E-state index in [2.05, 4.69) is 26.5 Å². The Kier molecular flexibility index (Phi) is 5.39. The second kappa shape index (κ2) is 7.06. The summed E-state index contributed by atoms with van der Waals surface area (Å²) in [6, 6.07) is 7.99. The maximum absolute atomic E-state index is 5.75. The van der Waals surface area contributed by atoms with Gasteiger partial charge in [0.05, 0.1) is 28.5 Å². The van der Waals surface area contributed by atoms with E-state index in [1.54, 1.807) is 0 Å². The molecule has 0 amide bonds. The molecular formula is C15H21BrN4O. The fourth-order valence-corrected chi connectivity index (χ4v) is 2.85. The molecule has 0 saturated carbocycles. The third-order valence-corrected chi connectivity index (χ3v) is 4.46. The lowest BCUT2D eigenvalue weighted by Crippen LogP contribution is -2.30. The molecule has 0 spiro atoms. The predicted molar refractivity (Wildman–Crippen MR) is 87.0 cm³/mol. The third-order valence-electron chi connectivity index (χ3n) is 3.43. The lowest BCUT2D eigenvalue weighted by Gasteiger charge is -2.17. The molecule has 1 heterocycles. The average Bonchev–Trinajstić information content (AvgIpc) is 2.71. The molecule has 5 nitrogen and oxygen atoms in total. The van der Waals surface area contributed by atoms with Crippen LogP contribution in [-0.2, 0) is 13.5 Å². The van der Waals surface area contributed by atoms with Crippen LogP contribution in [0, 0.1) is 6.92 Å². The van der Waals surface area contributed by atoms with Crippen LogP contribution in [0.15, 0.2) is 28.7 Å². The van der Waals surface area contributed by atoms with E-state index in [9.17, 15) is 0 Å². The number of rotatable bonds is 6. The highest BCUT2D eigenvalue weighted by atomic mass is 79.9. The van der Waals surface area contributed by atoms with Crippen LogP contribution < -0.4 is 16.0 Å². The number of ether oxygens (including phenoxy) is 1. The highest BCUT2D eigenvalue weighted by molar-refractivity contribution is 9.10. The Hall–Kier alpha value is -1.37. The maximum atomic E-state index is 5.75. The Labute approximate surface area is 133 Å². The first-order valence-corrected chi connectivity index (χ1v) is 7.73. The van der Waals surface area contributed by atoms with Gasteiger partial charge in [-0.15, -0.1) is 0 Å². The van der Waals surface area contributed by atoms with E-state index < -0.39 is 0 Å². The highest BCUT2D eigenvalue weighted by Gasteiger charge is 2.17. The van der Waals surface area contributed by atoms with Crippen LogP contribution in [0.3, 0.4) is 0 Å². The lowest BCUT2D eigenvalue weighted by molar-refractivity contribution is 0.339. The minimum atomic E-state index is -0.00324. The smallest absolute Gasteiger partial charge is 0.119 e. The fourth-order valence-electron chi connectivity index (χ4n) is 2.36. The van der Waals surface area contributed by atoms with E-state index in [0.717, 1.165) is 33.6 Å². The van der Waals surface area contributed by atoms with Crippen LogP contribution in [0.5, 0.6) is 5.75 Å². The normalized spacial score (nSPS) is 12.4. The molecular weight excluding hydrogens is 332 g/mol. The van der Waals surface area contributed by atoms with Gasteiger partial charge in [0, 0.05) is 13.5 Å². The highest BCUT2D eigenvalue weighted by Crippen LogP contribution is 2.27. The van der Waals surface area contributed by atoms with E-state index >= 15 is 0 Å². The Morgan fingerprint density at radius 3 is 2.81 bits per heavy atom. The summed E-state index contributed by atoms with van der Waals surface area (Å²) in [5.41, 5.74) is 6.06. The Morgan fingerprint density at radius 1 is 1.48 bits per heavy atom. The molecule has 1 aromatic carbocycles. The number of hydrazine groups is 1. The SMILES string of the molecule is CCOc1cccc(C(Cc2c(Br)c(C)nn2C)NN)c1. The molecule has 114 valence electrons. The molecule has 0 aliphatic rings. The van der Waals surface area contributed by atoms with Crippen LogP contribution in [0.1, 0.15) is 29.9 Å². The van der Waals surface area contributed by atoms with Gasteiger partial charge < -0.3 is 4.74 Å². The molecule has 0 aliphatic carbocycles. The zero-order valence-electron chi connectivity index (χ0n) is 12.6. The molecule has 0 fully saturated rings. The van der Waals surface area contributed by atoms with Crippen molar-refractivity contribution in [3.63, 3.8) is 0 Å². The quantitative estimate of drug-likeness (QED) is 0.619. The van der Waals surface area contributed by atoms with E-state index in [-0.39, 0.29) is 6.04 Å². The van der Waals surface area contributed by atoms with Crippen LogP contribution in [0.4, 0.5) is 0 Å². The van der Waals surface area contributed by atoms with Gasteiger partial charge in [-0.2, -0.15) is 5.10 Å². The predicted octanol–water partition coefficient (Wildman–Crippen LogP) is 2.64. The molecule has 1 aromatic heterocycles. The summed E-state index contributed by atoms with van der Waals surface area (Å²) < 4.78 is 8.47. The number of nitrogens with zero attached hydrogens (tertiary/aromatic N) is 2. The summed E-state index contributed by atoms with van der Waals surface area (Å²) in [6.45, 7) is 4.60. The van der Waals surface area contributed by atoms with E-state index in [1.165, 1.54) is 0 Å². The first-order valence-electron chi connectivity index (χ1n) is 6.93. The average molecular weight is 353 g/mol. The summed E-state index contributed by atoms with van der Waals surface area (Å²) in [5.74, 6) is 6.60. The monoisotopic (exact) mass is 352 g/mol. The van der Waals surface area contributed by atoms with Crippen molar-refractivity contribution in [2.24, 2.45) is 12.9 Å². The standard InChI is InChI=1S/C15H21BrN4O/c1-4-21-12-7-5-6-11(8-12)13(18-17)9-14-15(16)10(2)19-20(14)3/h5-8,13,18H,4,9,17H2,1-3H3. The van der Waals surface area contributed by atoms with Crippen LogP contribution in [-0.4, -0.2) is 16.4 Å². The topological polar surface area (TPSA) is 65.1 Å². The van der Waals surface area contributed by atoms with Crippen molar-refractivity contribution in [3.8, 4) is 5.75 Å². The van der Waals surface area contributed by atoms with E-state index in [0.29, 0.717) is 6.61 Å². The number of hydrogen-bond donors (Lipinski definition) is 2. The first-order chi connectivity index (χ1) is 10.1. The van der Waals surface area contributed by atoms with Gasteiger partial charge in [0.1, 0.15) is 5.75 Å². The van der Waals surface area contributed by atoms with E-state index in [1.807, 2.05) is 49.8 Å². The molecule has 1 unspecified atom stereocenters. The number of hydrogen-bond acceptors (Lipinski definition) is 4. The summed E-state index contributed by atoms with van der Waals surface area (Å²) in [5, 5.41) is 4.42. The second-order valence-electron chi connectivity index (χ2n) is 4.90. The van der Waals surface area contributed by atoms with Gasteiger partial charge in [-0.1, -0.05) is 12.1 Å². The summed E-state index contributed by atoms with van der Waals surface area (Å²) in [4.78, 5) is 0. The van der Waals surface area contributed by atoms with Gasteiger partial charge >= 0.3 is 0 Å². The molecule has 6 heteroatoms. The fraction of sp³-hybridized carbons (Fsp3) is 0.400. The number of nitrogens with one attached hydrogen (secondary N) is 1. The molecule has 1 atom stereocenters. The van der Waals surface area contributed by atoms with Gasteiger partial charge in [-0.3, -0.25) is 16.0 Å². The van der Waals surface area contributed by atoms with Gasteiger partial charge in [0.25, 0.3) is 0 Å². The molecule has 0 saturated heterocycles. The lowest BCUT2D eigenvalue weighted by atomic mass is 10.0. The number of nitrogens with two attached hydrogens (primary N) is 1. The minimum absolute atomic E-state index is 0.00324. The van der Waals surface area contributed by atoms with Gasteiger partial charge in [0.2, 0.25) is 0 Å². The first kappa shape index (κ1) is 16.0. The third kappa shape index (κ3) is 3.64. The Bertz CT molecular complexity index is 612. The zero-order chi connectivity index (χ0) is 15.4. The van der Waals surface area contributed by atoms with Crippen LogP contribution in [0.2, 0.25) is 0 Å². The van der Waals surface area contributed by atoms with E-state index in [4.69, 9.17) is 10.6 Å². The van der Waals surface area contributed by atoms with Crippen LogP contribution in [0.25, 0.3) is 0 Å². The van der Waals surface area contributed by atoms with Crippen molar-refractivity contribution in [1.29, 1.82) is 0 Å². The molecule has 2 rings (SSSR count). The largest absolute Gasteiger partial charge is 0.494 e. The second-order valence-corrected chi connectivity index (χ2v) is 5.69. The van der Waals surface area contributed by atoms with Gasteiger partial charge in [0.15, 0.2) is 0 Å². The minimum Gasteiger partial charge on any atom is -0.494 e. The molecule has 0 radical (unpaired) electrons. The summed E-state index contributed by atoms with van der Waals surface area (Å²) >= 11 is 3.59. The molecule has 0 bridgehead atoms. The van der Waals surface area contributed by atoms with Crippen molar-refractivity contribution in [1.82, 2.24) is 15.2 Å².